The van der Waals surface area contributed by atoms with Crippen LogP contribution in [0.1, 0.15) is 5.69 Å². The molecule has 14 heavy (non-hydrogen) atoms. The third-order valence-corrected chi connectivity index (χ3v) is 2.24. The van der Waals surface area contributed by atoms with Crippen LogP contribution in [0.4, 0.5) is 0 Å². The van der Waals surface area contributed by atoms with Crippen LogP contribution in [0.15, 0.2) is 48.7 Å². The Morgan fingerprint density at radius 1 is 1.00 bits per heavy atom. The van der Waals surface area contributed by atoms with E-state index < -0.39 is 0 Å². The molecule has 72 valence electrons. The van der Waals surface area contributed by atoms with Crippen molar-refractivity contribution in [2.45, 2.75) is 6.42 Å². The van der Waals surface area contributed by atoms with E-state index in [1.165, 1.54) is 0 Å². The molecule has 0 fully saturated rings. The van der Waals surface area contributed by atoms with Crippen LogP contribution in [-0.2, 0) is 6.42 Å². The van der Waals surface area contributed by atoms with Crippen molar-refractivity contribution in [3.8, 4) is 5.69 Å². The van der Waals surface area contributed by atoms with Crippen molar-refractivity contribution < 1.29 is 5.11 Å². The molecule has 2 nitrogen and oxygen atoms in total. The molecule has 0 unspecified atom stereocenters. The molecule has 0 radical (unpaired) electrons. The predicted molar refractivity (Wildman–Crippen MR) is 56.6 cm³/mol. The molecule has 1 aromatic carbocycles. The summed E-state index contributed by atoms with van der Waals surface area (Å²) in [6.45, 7) is 0.191. The maximum atomic E-state index is 8.90. The molecule has 0 atom stereocenters. The van der Waals surface area contributed by atoms with Crippen LogP contribution in [0, 0.1) is 0 Å². The van der Waals surface area contributed by atoms with Crippen molar-refractivity contribution in [1.29, 1.82) is 0 Å². The van der Waals surface area contributed by atoms with E-state index in [4.69, 9.17) is 5.11 Å². The van der Waals surface area contributed by atoms with Gasteiger partial charge in [0.05, 0.1) is 0 Å². The molecule has 0 aliphatic carbocycles. The first-order chi connectivity index (χ1) is 6.92. The van der Waals surface area contributed by atoms with Gasteiger partial charge < -0.3 is 9.67 Å². The summed E-state index contributed by atoms with van der Waals surface area (Å²) in [7, 11) is 0. The highest BCUT2D eigenvalue weighted by molar-refractivity contribution is 5.34. The van der Waals surface area contributed by atoms with Gasteiger partial charge in [0, 0.05) is 30.6 Å². The van der Waals surface area contributed by atoms with Gasteiger partial charge in [0.1, 0.15) is 0 Å². The molecule has 0 amide bonds. The molecule has 0 saturated carbocycles. The highest BCUT2D eigenvalue weighted by Crippen LogP contribution is 2.12. The second kappa shape index (κ2) is 4.11. The average Bonchev–Trinajstić information content (AvgIpc) is 2.68. The van der Waals surface area contributed by atoms with Gasteiger partial charge in [-0.15, -0.1) is 0 Å². The smallest absolute Gasteiger partial charge is 0.0485 e. The lowest BCUT2D eigenvalue weighted by Gasteiger charge is -2.07. The molecule has 1 heterocycles. The molecule has 0 spiro atoms. The predicted octanol–water partition coefficient (Wildman–Crippen LogP) is 2.01. The van der Waals surface area contributed by atoms with Crippen molar-refractivity contribution in [2.75, 3.05) is 6.61 Å². The Morgan fingerprint density at radius 2 is 1.79 bits per heavy atom. The zero-order valence-electron chi connectivity index (χ0n) is 7.93. The fourth-order valence-electron chi connectivity index (χ4n) is 1.58. The van der Waals surface area contributed by atoms with E-state index in [-0.39, 0.29) is 6.61 Å². The monoisotopic (exact) mass is 187 g/mol. The van der Waals surface area contributed by atoms with Gasteiger partial charge >= 0.3 is 0 Å². The highest BCUT2D eigenvalue weighted by atomic mass is 16.3. The number of aliphatic hydroxyl groups excluding tert-OH is 1. The maximum absolute atomic E-state index is 8.90. The molecule has 0 aliphatic heterocycles. The molecular formula is C12H13NO. The number of rotatable bonds is 3. The number of nitrogens with zero attached hydrogens (tertiary/aromatic N) is 1. The number of aromatic nitrogens is 1. The van der Waals surface area contributed by atoms with E-state index >= 15 is 0 Å². The SMILES string of the molecule is OCCc1cccn1-c1ccccc1. The van der Waals surface area contributed by atoms with E-state index in [0.717, 1.165) is 11.4 Å². The first-order valence-corrected chi connectivity index (χ1v) is 4.74. The molecule has 2 rings (SSSR count). The second-order valence-corrected chi connectivity index (χ2v) is 3.18. The molecule has 1 N–H and O–H groups in total. The first-order valence-electron chi connectivity index (χ1n) is 4.74. The van der Waals surface area contributed by atoms with Crippen LogP contribution in [-0.4, -0.2) is 16.3 Å². The van der Waals surface area contributed by atoms with Gasteiger partial charge in [-0.2, -0.15) is 0 Å². The highest BCUT2D eigenvalue weighted by Gasteiger charge is 2.00. The second-order valence-electron chi connectivity index (χ2n) is 3.18. The summed E-state index contributed by atoms with van der Waals surface area (Å²) < 4.78 is 2.09. The van der Waals surface area contributed by atoms with E-state index in [1.54, 1.807) is 0 Å². The third kappa shape index (κ3) is 1.70. The molecule has 0 saturated heterocycles. The first kappa shape index (κ1) is 9.03. The van der Waals surface area contributed by atoms with Crippen LogP contribution >= 0.6 is 0 Å². The lowest BCUT2D eigenvalue weighted by atomic mass is 10.3. The molecule has 2 aromatic rings. The van der Waals surface area contributed by atoms with Gasteiger partial charge in [-0.05, 0) is 24.3 Å². The van der Waals surface area contributed by atoms with Crippen molar-refractivity contribution in [3.63, 3.8) is 0 Å². The zero-order valence-corrected chi connectivity index (χ0v) is 7.93. The summed E-state index contributed by atoms with van der Waals surface area (Å²) >= 11 is 0. The number of benzene rings is 1. The summed E-state index contributed by atoms with van der Waals surface area (Å²) in [6, 6.07) is 14.2. The molecule has 1 aromatic heterocycles. The molecular weight excluding hydrogens is 174 g/mol. The lowest BCUT2D eigenvalue weighted by Crippen LogP contribution is -2.00. The van der Waals surface area contributed by atoms with Gasteiger partial charge in [0.25, 0.3) is 0 Å². The summed E-state index contributed by atoms with van der Waals surface area (Å²) in [5.74, 6) is 0. The number of hydrogen-bond donors (Lipinski definition) is 1. The molecule has 0 aliphatic rings. The van der Waals surface area contributed by atoms with Gasteiger partial charge in [-0.25, -0.2) is 0 Å². The Kier molecular flexibility index (Phi) is 2.65. The van der Waals surface area contributed by atoms with Gasteiger partial charge in [0.2, 0.25) is 0 Å². The average molecular weight is 187 g/mol. The number of aliphatic hydroxyl groups is 1. The van der Waals surface area contributed by atoms with E-state index in [9.17, 15) is 0 Å². The van der Waals surface area contributed by atoms with Gasteiger partial charge in [-0.3, -0.25) is 0 Å². The number of para-hydroxylation sites is 1. The largest absolute Gasteiger partial charge is 0.396 e. The van der Waals surface area contributed by atoms with Crippen molar-refractivity contribution in [2.24, 2.45) is 0 Å². The normalized spacial score (nSPS) is 10.4. The Labute approximate surface area is 83.4 Å². The standard InChI is InChI=1S/C12H13NO/c14-10-8-12-7-4-9-13(12)11-5-2-1-3-6-11/h1-7,9,14H,8,10H2. The van der Waals surface area contributed by atoms with Gasteiger partial charge in [0.15, 0.2) is 0 Å². The summed E-state index contributed by atoms with van der Waals surface area (Å²) in [6.07, 6.45) is 2.71. The van der Waals surface area contributed by atoms with E-state index in [1.807, 2.05) is 36.5 Å². The fraction of sp³-hybridized carbons (Fsp3) is 0.167. The van der Waals surface area contributed by atoms with Crippen molar-refractivity contribution in [1.82, 2.24) is 4.57 Å². The fourth-order valence-corrected chi connectivity index (χ4v) is 1.58. The Bertz CT molecular complexity index is 392. The number of hydrogen-bond acceptors (Lipinski definition) is 1. The zero-order chi connectivity index (χ0) is 9.80. The van der Waals surface area contributed by atoms with Crippen molar-refractivity contribution in [3.05, 3.63) is 54.4 Å². The van der Waals surface area contributed by atoms with Gasteiger partial charge in [-0.1, -0.05) is 18.2 Å². The quantitative estimate of drug-likeness (QED) is 0.781. The van der Waals surface area contributed by atoms with E-state index in [0.29, 0.717) is 6.42 Å². The van der Waals surface area contributed by atoms with Crippen LogP contribution in [0.25, 0.3) is 5.69 Å². The van der Waals surface area contributed by atoms with Crippen LogP contribution in [0.2, 0.25) is 0 Å². The topological polar surface area (TPSA) is 25.2 Å². The maximum Gasteiger partial charge on any atom is 0.0485 e. The van der Waals surface area contributed by atoms with Crippen LogP contribution in [0.3, 0.4) is 0 Å². The summed E-state index contributed by atoms with van der Waals surface area (Å²) in [5, 5.41) is 8.90. The molecule has 2 heteroatoms. The Morgan fingerprint density at radius 3 is 2.50 bits per heavy atom. The van der Waals surface area contributed by atoms with Crippen LogP contribution in [0.5, 0.6) is 0 Å². The minimum atomic E-state index is 0.191. The summed E-state index contributed by atoms with van der Waals surface area (Å²) in [5.41, 5.74) is 2.28. The Balaban J connectivity index is 2.37. The van der Waals surface area contributed by atoms with E-state index in [2.05, 4.69) is 16.7 Å². The minimum Gasteiger partial charge on any atom is -0.396 e. The van der Waals surface area contributed by atoms with Crippen molar-refractivity contribution >= 4 is 0 Å². The lowest BCUT2D eigenvalue weighted by molar-refractivity contribution is 0.297. The summed E-state index contributed by atoms with van der Waals surface area (Å²) in [4.78, 5) is 0. The minimum absolute atomic E-state index is 0.191. The third-order valence-electron chi connectivity index (χ3n) is 2.24. The Hall–Kier alpha value is -1.54. The molecule has 0 bridgehead atoms. The van der Waals surface area contributed by atoms with Crippen LogP contribution < -0.4 is 0 Å².